The van der Waals surface area contributed by atoms with Gasteiger partial charge in [0.2, 0.25) is 11.8 Å². The number of para-hydroxylation sites is 1. The molecule has 0 radical (unpaired) electrons. The smallest absolute Gasteiger partial charge is 0.229 e. The van der Waals surface area contributed by atoms with Gasteiger partial charge in [0.1, 0.15) is 0 Å². The Morgan fingerprint density at radius 2 is 1.85 bits per heavy atom. The van der Waals surface area contributed by atoms with E-state index in [1.807, 2.05) is 43.3 Å². The molecule has 4 nitrogen and oxygen atoms in total. The van der Waals surface area contributed by atoms with Crippen LogP contribution in [0.25, 0.3) is 0 Å². The summed E-state index contributed by atoms with van der Waals surface area (Å²) >= 11 is 0. The van der Waals surface area contributed by atoms with Crippen molar-refractivity contribution in [2.45, 2.75) is 40.0 Å². The van der Waals surface area contributed by atoms with E-state index in [1.54, 1.807) is 4.90 Å². The first-order chi connectivity index (χ1) is 12.5. The van der Waals surface area contributed by atoms with Crippen molar-refractivity contribution < 1.29 is 9.59 Å². The molecule has 1 saturated heterocycles. The van der Waals surface area contributed by atoms with Crippen molar-refractivity contribution in [2.75, 3.05) is 16.8 Å². The minimum absolute atomic E-state index is 0.0236. The Morgan fingerprint density at radius 1 is 1.12 bits per heavy atom. The third-order valence-corrected chi connectivity index (χ3v) is 5.10. The average Bonchev–Trinajstić information content (AvgIpc) is 3.03. The van der Waals surface area contributed by atoms with E-state index in [1.165, 1.54) is 5.56 Å². The van der Waals surface area contributed by atoms with Gasteiger partial charge < -0.3 is 10.2 Å². The quantitative estimate of drug-likeness (QED) is 0.882. The van der Waals surface area contributed by atoms with Gasteiger partial charge in [-0.2, -0.15) is 0 Å². The van der Waals surface area contributed by atoms with Crippen molar-refractivity contribution in [3.05, 3.63) is 59.2 Å². The fraction of sp³-hybridized carbons (Fsp3) is 0.364. The van der Waals surface area contributed by atoms with E-state index < -0.39 is 0 Å². The van der Waals surface area contributed by atoms with Crippen LogP contribution in [0.15, 0.2) is 42.5 Å². The van der Waals surface area contributed by atoms with E-state index >= 15 is 0 Å². The Kier molecular flexibility index (Phi) is 5.40. The highest BCUT2D eigenvalue weighted by atomic mass is 16.2. The SMILES string of the molecule is CCc1ccc(NC(=O)C2CC(=O)N(c3c(C)cccc3CC)C2)cc1. The molecule has 0 aliphatic carbocycles. The molecule has 0 saturated carbocycles. The first-order valence-corrected chi connectivity index (χ1v) is 9.32. The number of carbonyl (C=O) groups is 2. The summed E-state index contributed by atoms with van der Waals surface area (Å²) in [5.74, 6) is -0.384. The van der Waals surface area contributed by atoms with Crippen molar-refractivity contribution in [2.24, 2.45) is 5.92 Å². The molecule has 0 bridgehead atoms. The summed E-state index contributed by atoms with van der Waals surface area (Å²) in [4.78, 5) is 27.0. The molecule has 1 fully saturated rings. The number of hydrogen-bond acceptors (Lipinski definition) is 2. The molecule has 1 N–H and O–H groups in total. The number of amides is 2. The van der Waals surface area contributed by atoms with Crippen molar-refractivity contribution >= 4 is 23.2 Å². The summed E-state index contributed by atoms with van der Waals surface area (Å²) in [6.07, 6.45) is 2.09. The highest BCUT2D eigenvalue weighted by Gasteiger charge is 2.36. The zero-order valence-electron chi connectivity index (χ0n) is 15.7. The van der Waals surface area contributed by atoms with Gasteiger partial charge in [0.15, 0.2) is 0 Å². The van der Waals surface area contributed by atoms with Crippen LogP contribution in [0.5, 0.6) is 0 Å². The van der Waals surface area contributed by atoms with Gasteiger partial charge >= 0.3 is 0 Å². The molecule has 1 heterocycles. The molecule has 2 aromatic carbocycles. The summed E-state index contributed by atoms with van der Waals surface area (Å²) in [6, 6.07) is 14.0. The number of anilines is 2. The maximum Gasteiger partial charge on any atom is 0.229 e. The average molecular weight is 350 g/mol. The molecule has 2 amide bonds. The van der Waals surface area contributed by atoms with Gasteiger partial charge in [-0.1, -0.05) is 44.2 Å². The van der Waals surface area contributed by atoms with Crippen LogP contribution in [0.1, 0.15) is 37.0 Å². The van der Waals surface area contributed by atoms with E-state index in [0.717, 1.165) is 35.3 Å². The van der Waals surface area contributed by atoms with E-state index in [9.17, 15) is 9.59 Å². The number of nitrogens with zero attached hydrogens (tertiary/aromatic N) is 1. The Balaban J connectivity index is 1.74. The number of hydrogen-bond donors (Lipinski definition) is 1. The number of aryl methyl sites for hydroxylation is 3. The Hall–Kier alpha value is -2.62. The van der Waals surface area contributed by atoms with Gasteiger partial charge in [-0.25, -0.2) is 0 Å². The van der Waals surface area contributed by atoms with Gasteiger partial charge in [-0.05, 0) is 48.6 Å². The second-order valence-electron chi connectivity index (χ2n) is 6.88. The zero-order chi connectivity index (χ0) is 18.7. The van der Waals surface area contributed by atoms with Crippen LogP contribution in [0.2, 0.25) is 0 Å². The second-order valence-corrected chi connectivity index (χ2v) is 6.88. The van der Waals surface area contributed by atoms with Gasteiger partial charge in [0.05, 0.1) is 5.92 Å². The number of nitrogens with one attached hydrogen (secondary N) is 1. The number of rotatable bonds is 5. The molecule has 1 aliphatic heterocycles. The largest absolute Gasteiger partial charge is 0.326 e. The molecule has 1 unspecified atom stereocenters. The van der Waals surface area contributed by atoms with E-state index in [0.29, 0.717) is 6.54 Å². The first kappa shape index (κ1) is 18.2. The summed E-state index contributed by atoms with van der Waals surface area (Å²) in [5.41, 5.74) is 5.21. The second kappa shape index (κ2) is 7.73. The summed E-state index contributed by atoms with van der Waals surface area (Å²) in [7, 11) is 0. The predicted octanol–water partition coefficient (Wildman–Crippen LogP) is 4.11. The van der Waals surface area contributed by atoms with Crippen molar-refractivity contribution in [1.82, 2.24) is 0 Å². The zero-order valence-corrected chi connectivity index (χ0v) is 15.7. The van der Waals surface area contributed by atoms with Crippen LogP contribution < -0.4 is 10.2 Å². The maximum atomic E-state index is 12.6. The van der Waals surface area contributed by atoms with Crippen LogP contribution in [-0.2, 0) is 22.4 Å². The van der Waals surface area contributed by atoms with E-state index in [-0.39, 0.29) is 24.2 Å². The van der Waals surface area contributed by atoms with Crippen LogP contribution >= 0.6 is 0 Å². The molecule has 1 atom stereocenters. The van der Waals surface area contributed by atoms with Crippen molar-refractivity contribution in [3.63, 3.8) is 0 Å². The minimum Gasteiger partial charge on any atom is -0.326 e. The molecule has 0 aromatic heterocycles. The summed E-state index contributed by atoms with van der Waals surface area (Å²) < 4.78 is 0. The third kappa shape index (κ3) is 3.64. The minimum atomic E-state index is -0.322. The van der Waals surface area contributed by atoms with Gasteiger partial charge in [0.25, 0.3) is 0 Å². The predicted molar refractivity (Wildman–Crippen MR) is 105 cm³/mol. The molecule has 3 rings (SSSR count). The maximum absolute atomic E-state index is 12.6. The van der Waals surface area contributed by atoms with E-state index in [4.69, 9.17) is 0 Å². The number of carbonyl (C=O) groups excluding carboxylic acids is 2. The van der Waals surface area contributed by atoms with Gasteiger partial charge in [0, 0.05) is 24.3 Å². The van der Waals surface area contributed by atoms with Crippen LogP contribution in [0.3, 0.4) is 0 Å². The fourth-order valence-electron chi connectivity index (χ4n) is 3.56. The fourth-order valence-corrected chi connectivity index (χ4v) is 3.56. The van der Waals surface area contributed by atoms with Gasteiger partial charge in [-0.3, -0.25) is 9.59 Å². The Bertz CT molecular complexity index is 811. The van der Waals surface area contributed by atoms with Crippen molar-refractivity contribution in [1.29, 1.82) is 0 Å². The lowest BCUT2D eigenvalue weighted by Crippen LogP contribution is -2.29. The Morgan fingerprint density at radius 3 is 2.50 bits per heavy atom. The molecule has 2 aromatic rings. The molecular weight excluding hydrogens is 324 g/mol. The topological polar surface area (TPSA) is 49.4 Å². The highest BCUT2D eigenvalue weighted by Crippen LogP contribution is 2.32. The van der Waals surface area contributed by atoms with Crippen LogP contribution in [0.4, 0.5) is 11.4 Å². The van der Waals surface area contributed by atoms with Gasteiger partial charge in [-0.15, -0.1) is 0 Å². The highest BCUT2D eigenvalue weighted by molar-refractivity contribution is 6.04. The first-order valence-electron chi connectivity index (χ1n) is 9.32. The monoisotopic (exact) mass is 350 g/mol. The van der Waals surface area contributed by atoms with Crippen LogP contribution in [0, 0.1) is 12.8 Å². The molecule has 4 heteroatoms. The lowest BCUT2D eigenvalue weighted by Gasteiger charge is -2.22. The van der Waals surface area contributed by atoms with Crippen molar-refractivity contribution in [3.8, 4) is 0 Å². The Labute approximate surface area is 155 Å². The molecule has 136 valence electrons. The third-order valence-electron chi connectivity index (χ3n) is 5.10. The van der Waals surface area contributed by atoms with Crippen LogP contribution in [-0.4, -0.2) is 18.4 Å². The standard InChI is InChI=1S/C22H26N2O2/c1-4-16-9-11-19(12-10-16)23-22(26)18-13-20(25)24(14-18)21-15(3)7-6-8-17(21)5-2/h6-12,18H,4-5,13-14H2,1-3H3,(H,23,26). The van der Waals surface area contributed by atoms with E-state index in [2.05, 4.69) is 25.2 Å². The lowest BCUT2D eigenvalue weighted by molar-refractivity contribution is -0.122. The summed E-state index contributed by atoms with van der Waals surface area (Å²) in [5, 5.41) is 2.95. The normalized spacial score (nSPS) is 16.8. The molecule has 0 spiro atoms. The molecule has 1 aliphatic rings. The molecular formula is C22H26N2O2. The summed E-state index contributed by atoms with van der Waals surface area (Å²) in [6.45, 7) is 6.64. The number of benzene rings is 2. The lowest BCUT2D eigenvalue weighted by atomic mass is 10.0. The molecule has 26 heavy (non-hydrogen) atoms.